The number of amidine groups is 1. The van der Waals surface area contributed by atoms with Gasteiger partial charge in [0.1, 0.15) is 5.69 Å². The number of rotatable bonds is 2. The molecule has 0 bridgehead atoms. The second-order valence-corrected chi connectivity index (χ2v) is 2.65. The van der Waals surface area contributed by atoms with Crippen LogP contribution in [0.3, 0.4) is 0 Å². The second kappa shape index (κ2) is 2.91. The van der Waals surface area contributed by atoms with Crippen molar-refractivity contribution in [3.63, 3.8) is 0 Å². The van der Waals surface area contributed by atoms with Crippen LogP contribution in [0.2, 0.25) is 0 Å². The summed E-state index contributed by atoms with van der Waals surface area (Å²) < 4.78 is 23.8. The van der Waals surface area contributed by atoms with Gasteiger partial charge in [-0.05, 0) is 0 Å². The Morgan fingerprint density at radius 3 is 2.64 bits per heavy atom. The lowest BCUT2D eigenvalue weighted by molar-refractivity contribution is 0.147. The van der Waals surface area contributed by atoms with E-state index >= 15 is 0 Å². The molecule has 0 saturated carbocycles. The van der Waals surface area contributed by atoms with Gasteiger partial charge in [-0.15, -0.1) is 11.3 Å². The smallest absolute Gasteiger partial charge is 0.281 e. The van der Waals surface area contributed by atoms with Crippen LogP contribution < -0.4 is 5.73 Å². The summed E-state index contributed by atoms with van der Waals surface area (Å²) >= 11 is 0.945. The van der Waals surface area contributed by atoms with E-state index in [1.165, 1.54) is 5.38 Å². The van der Waals surface area contributed by atoms with Crippen LogP contribution in [0, 0.1) is 5.41 Å². The molecule has 1 aromatic rings. The summed E-state index contributed by atoms with van der Waals surface area (Å²) in [5.41, 5.74) is 4.69. The van der Waals surface area contributed by atoms with Gasteiger partial charge in [0.25, 0.3) is 6.43 Å². The zero-order valence-corrected chi connectivity index (χ0v) is 6.16. The van der Waals surface area contributed by atoms with E-state index in [0.29, 0.717) is 0 Å². The number of nitrogens with two attached hydrogens (primary N) is 1. The average molecular weight is 177 g/mol. The molecule has 0 aliphatic rings. The summed E-state index contributed by atoms with van der Waals surface area (Å²) in [5, 5.41) is 8.21. The van der Waals surface area contributed by atoms with Crippen LogP contribution in [0.4, 0.5) is 8.78 Å². The first-order valence-electron chi connectivity index (χ1n) is 2.69. The Hall–Kier alpha value is -1.04. The van der Waals surface area contributed by atoms with E-state index in [0.717, 1.165) is 11.3 Å². The first kappa shape index (κ1) is 8.06. The van der Waals surface area contributed by atoms with Gasteiger partial charge in [0.15, 0.2) is 10.8 Å². The third kappa shape index (κ3) is 1.70. The zero-order chi connectivity index (χ0) is 8.43. The molecule has 0 aliphatic heterocycles. The van der Waals surface area contributed by atoms with Gasteiger partial charge in [-0.2, -0.15) is 0 Å². The van der Waals surface area contributed by atoms with E-state index in [1.807, 2.05) is 0 Å². The Bertz CT molecular complexity index is 270. The number of hydrogen-bond acceptors (Lipinski definition) is 3. The molecule has 1 aromatic heterocycles. The molecule has 0 radical (unpaired) electrons. The monoisotopic (exact) mass is 177 g/mol. The minimum Gasteiger partial charge on any atom is -0.382 e. The molecule has 0 amide bonds. The molecule has 0 saturated heterocycles. The fraction of sp³-hybridized carbons (Fsp3) is 0.200. The van der Waals surface area contributed by atoms with Crippen molar-refractivity contribution in [2.45, 2.75) is 6.43 Å². The van der Waals surface area contributed by atoms with E-state index in [1.54, 1.807) is 0 Å². The minimum absolute atomic E-state index is 0.139. The molecule has 0 aliphatic carbocycles. The minimum atomic E-state index is -2.58. The van der Waals surface area contributed by atoms with Crippen LogP contribution in [0.15, 0.2) is 5.38 Å². The molecule has 6 heteroatoms. The van der Waals surface area contributed by atoms with Crippen molar-refractivity contribution in [3.05, 3.63) is 16.1 Å². The van der Waals surface area contributed by atoms with Gasteiger partial charge in [0, 0.05) is 5.38 Å². The largest absolute Gasteiger partial charge is 0.382 e. The van der Waals surface area contributed by atoms with E-state index < -0.39 is 6.43 Å². The molecule has 3 nitrogen and oxygen atoms in total. The van der Waals surface area contributed by atoms with Crippen LogP contribution in [-0.4, -0.2) is 10.8 Å². The summed E-state index contributed by atoms with van der Waals surface area (Å²) in [7, 11) is 0. The summed E-state index contributed by atoms with van der Waals surface area (Å²) in [4.78, 5) is 3.43. The number of hydrogen-bond donors (Lipinski definition) is 2. The van der Waals surface area contributed by atoms with Crippen molar-refractivity contribution in [2.75, 3.05) is 0 Å². The van der Waals surface area contributed by atoms with Gasteiger partial charge in [-0.1, -0.05) is 0 Å². The molecule has 0 unspecified atom stereocenters. The van der Waals surface area contributed by atoms with E-state index in [2.05, 4.69) is 4.98 Å². The lowest BCUT2D eigenvalue weighted by Crippen LogP contribution is -2.10. The molecule has 0 fully saturated rings. The summed E-state index contributed by atoms with van der Waals surface area (Å²) in [6.45, 7) is 0. The quantitative estimate of drug-likeness (QED) is 0.529. The predicted octanol–water partition coefficient (Wildman–Crippen LogP) is 1.36. The number of alkyl halides is 2. The molecular weight excluding hydrogens is 172 g/mol. The lowest BCUT2D eigenvalue weighted by Gasteiger charge is -1.89. The van der Waals surface area contributed by atoms with Crippen molar-refractivity contribution in [1.29, 1.82) is 5.41 Å². The number of aromatic nitrogens is 1. The summed E-state index contributed by atoms with van der Waals surface area (Å²) in [5.74, 6) is -0.276. The Morgan fingerprint density at radius 2 is 2.36 bits per heavy atom. The number of nitrogens with zero attached hydrogens (tertiary/aromatic N) is 1. The molecule has 0 spiro atoms. The first-order valence-corrected chi connectivity index (χ1v) is 3.57. The maximum atomic E-state index is 11.9. The number of thiazole rings is 1. The third-order valence-corrected chi connectivity index (χ3v) is 1.87. The Kier molecular flexibility index (Phi) is 2.13. The van der Waals surface area contributed by atoms with Crippen molar-refractivity contribution < 1.29 is 8.78 Å². The van der Waals surface area contributed by atoms with E-state index in [9.17, 15) is 8.78 Å². The second-order valence-electron chi connectivity index (χ2n) is 1.79. The molecule has 11 heavy (non-hydrogen) atoms. The maximum absolute atomic E-state index is 11.9. The molecule has 60 valence electrons. The van der Waals surface area contributed by atoms with E-state index in [-0.39, 0.29) is 16.5 Å². The van der Waals surface area contributed by atoms with Gasteiger partial charge in [0.05, 0.1) is 0 Å². The molecule has 0 aromatic carbocycles. The maximum Gasteiger partial charge on any atom is 0.281 e. The van der Waals surface area contributed by atoms with Crippen LogP contribution in [-0.2, 0) is 0 Å². The van der Waals surface area contributed by atoms with Crippen LogP contribution >= 0.6 is 11.3 Å². The highest BCUT2D eigenvalue weighted by Crippen LogP contribution is 2.20. The van der Waals surface area contributed by atoms with Crippen molar-refractivity contribution in [1.82, 2.24) is 4.98 Å². The molecule has 1 rings (SSSR count). The van der Waals surface area contributed by atoms with Crippen LogP contribution in [0.1, 0.15) is 17.1 Å². The van der Waals surface area contributed by atoms with Crippen molar-refractivity contribution >= 4 is 17.2 Å². The Labute approximate surface area is 65.4 Å². The summed E-state index contributed by atoms with van der Waals surface area (Å²) in [6.07, 6.45) is -2.58. The number of halogens is 2. The highest BCUT2D eigenvalue weighted by molar-refractivity contribution is 7.11. The molecule has 0 atom stereocenters. The molecule has 1 heterocycles. The standard InChI is InChI=1S/C5H5F2N3S/c6-3(7)2-1-11-5(10-2)4(8)9/h1,3H,(H3,8,9). The van der Waals surface area contributed by atoms with Gasteiger partial charge < -0.3 is 5.73 Å². The SMILES string of the molecule is N=C(N)c1nc(C(F)F)cs1. The molecule has 3 N–H and O–H groups in total. The predicted molar refractivity (Wildman–Crippen MR) is 38.1 cm³/mol. The zero-order valence-electron chi connectivity index (χ0n) is 5.34. The topological polar surface area (TPSA) is 62.8 Å². The van der Waals surface area contributed by atoms with Gasteiger partial charge >= 0.3 is 0 Å². The number of nitrogens with one attached hydrogen (secondary N) is 1. The third-order valence-electron chi connectivity index (χ3n) is 0.976. The fourth-order valence-electron chi connectivity index (χ4n) is 0.510. The first-order chi connectivity index (χ1) is 5.11. The van der Waals surface area contributed by atoms with E-state index in [4.69, 9.17) is 11.1 Å². The highest BCUT2D eigenvalue weighted by Gasteiger charge is 2.12. The van der Waals surface area contributed by atoms with Crippen molar-refractivity contribution in [3.8, 4) is 0 Å². The summed E-state index contributed by atoms with van der Waals surface area (Å²) in [6, 6.07) is 0. The average Bonchev–Trinajstić information content (AvgIpc) is 2.33. The van der Waals surface area contributed by atoms with Gasteiger partial charge in [-0.3, -0.25) is 5.41 Å². The lowest BCUT2D eigenvalue weighted by atomic mass is 10.5. The Morgan fingerprint density at radius 1 is 1.73 bits per heavy atom. The van der Waals surface area contributed by atoms with Crippen LogP contribution in [0.25, 0.3) is 0 Å². The Balaban J connectivity index is 2.90. The van der Waals surface area contributed by atoms with Crippen LogP contribution in [0.5, 0.6) is 0 Å². The van der Waals surface area contributed by atoms with Crippen molar-refractivity contribution in [2.24, 2.45) is 5.73 Å². The highest BCUT2D eigenvalue weighted by atomic mass is 32.1. The van der Waals surface area contributed by atoms with Gasteiger partial charge in [-0.25, -0.2) is 13.8 Å². The normalized spacial score (nSPS) is 10.5. The molecular formula is C5H5F2N3S. The number of nitrogen functional groups attached to an aromatic ring is 1. The van der Waals surface area contributed by atoms with Gasteiger partial charge in [0.2, 0.25) is 0 Å². The fourth-order valence-corrected chi connectivity index (χ4v) is 1.18.